The molecular weight excluding hydrogens is 686 g/mol. The number of nitrogens with one attached hydrogen (secondary N) is 1. The Labute approximate surface area is 284 Å². The Morgan fingerprint density at radius 1 is 0.891 bits per heavy atom. The first-order chi connectivity index (χ1) is 22.1. The number of hydrogen-bond acceptors (Lipinski definition) is 4. The van der Waals surface area contributed by atoms with E-state index >= 15 is 0 Å². The summed E-state index contributed by atoms with van der Waals surface area (Å²) in [6, 6.07) is 29.2. The number of sulfonamides is 1. The molecule has 10 heteroatoms. The number of amides is 2. The minimum absolute atomic E-state index is 0.0419. The quantitative estimate of drug-likeness (QED) is 0.166. The molecule has 46 heavy (non-hydrogen) atoms. The van der Waals surface area contributed by atoms with Crippen LogP contribution in [0.4, 0.5) is 5.69 Å². The highest BCUT2D eigenvalue weighted by Gasteiger charge is 2.35. The second-order valence-corrected chi connectivity index (χ2v) is 14.9. The molecule has 1 unspecified atom stereocenters. The second-order valence-electron chi connectivity index (χ2n) is 11.6. The summed E-state index contributed by atoms with van der Waals surface area (Å²) < 4.78 is 30.3. The van der Waals surface area contributed by atoms with Crippen LogP contribution >= 0.6 is 27.5 Å². The molecular formula is C36H37BrClN3O4S. The summed E-state index contributed by atoms with van der Waals surface area (Å²) >= 11 is 9.78. The van der Waals surface area contributed by atoms with Gasteiger partial charge >= 0.3 is 0 Å². The molecule has 1 saturated carbocycles. The zero-order chi connectivity index (χ0) is 32.7. The van der Waals surface area contributed by atoms with Crippen molar-refractivity contribution in [2.45, 2.75) is 62.6 Å². The van der Waals surface area contributed by atoms with Crippen LogP contribution in [0.25, 0.3) is 0 Å². The lowest BCUT2D eigenvalue weighted by molar-refractivity contribution is -0.140. The number of hydrogen-bond donors (Lipinski definition) is 1. The summed E-state index contributed by atoms with van der Waals surface area (Å²) in [5, 5.41) is 3.53. The van der Waals surface area contributed by atoms with Crippen molar-refractivity contribution in [3.05, 3.63) is 129 Å². The van der Waals surface area contributed by atoms with E-state index < -0.39 is 28.5 Å². The van der Waals surface area contributed by atoms with Gasteiger partial charge in [0, 0.05) is 28.5 Å². The van der Waals surface area contributed by atoms with Crippen molar-refractivity contribution in [1.29, 1.82) is 0 Å². The first-order valence-corrected chi connectivity index (χ1v) is 17.9. The molecule has 4 aromatic carbocycles. The van der Waals surface area contributed by atoms with Gasteiger partial charge in [0.2, 0.25) is 11.8 Å². The topological polar surface area (TPSA) is 86.8 Å². The van der Waals surface area contributed by atoms with Crippen LogP contribution in [0.5, 0.6) is 0 Å². The summed E-state index contributed by atoms with van der Waals surface area (Å²) in [5.41, 5.74) is 2.85. The fourth-order valence-corrected chi connectivity index (χ4v) is 7.56. The maximum Gasteiger partial charge on any atom is 0.264 e. The van der Waals surface area contributed by atoms with E-state index in [4.69, 9.17) is 11.6 Å². The minimum atomic E-state index is -4.20. The van der Waals surface area contributed by atoms with E-state index in [1.807, 2.05) is 61.5 Å². The number of nitrogens with zero attached hydrogens (tertiary/aromatic N) is 2. The molecule has 0 aliphatic heterocycles. The van der Waals surface area contributed by atoms with Gasteiger partial charge in [-0.25, -0.2) is 8.42 Å². The van der Waals surface area contributed by atoms with E-state index in [1.165, 1.54) is 23.1 Å². The van der Waals surface area contributed by atoms with Crippen molar-refractivity contribution in [2.24, 2.45) is 0 Å². The highest BCUT2D eigenvalue weighted by Crippen LogP contribution is 2.28. The number of rotatable bonds is 12. The molecule has 1 N–H and O–H groups in total. The van der Waals surface area contributed by atoms with Gasteiger partial charge in [-0.15, -0.1) is 0 Å². The molecule has 4 aromatic rings. The van der Waals surface area contributed by atoms with Crippen LogP contribution in [0, 0.1) is 6.92 Å². The third kappa shape index (κ3) is 8.57. The summed E-state index contributed by atoms with van der Waals surface area (Å²) in [6.07, 6.45) is 4.13. The molecule has 1 aliphatic rings. The molecule has 7 nitrogen and oxygen atoms in total. The molecule has 240 valence electrons. The number of anilines is 1. The first kappa shape index (κ1) is 33.7. The molecule has 1 atom stereocenters. The third-order valence-electron chi connectivity index (χ3n) is 8.22. The third-order valence-corrected chi connectivity index (χ3v) is 10.8. The number of carbonyl (C=O) groups excluding carboxylic acids is 2. The summed E-state index contributed by atoms with van der Waals surface area (Å²) in [4.78, 5) is 30.2. The predicted molar refractivity (Wildman–Crippen MR) is 186 cm³/mol. The number of benzene rings is 4. The predicted octanol–water partition coefficient (Wildman–Crippen LogP) is 7.31. The molecule has 0 radical (unpaired) electrons. The lowest BCUT2D eigenvalue weighted by Crippen LogP contribution is -2.54. The van der Waals surface area contributed by atoms with E-state index in [0.29, 0.717) is 5.02 Å². The maximum atomic E-state index is 14.6. The normalized spacial score (nSPS) is 14.1. The Bertz CT molecular complexity index is 1750. The van der Waals surface area contributed by atoms with Crippen molar-refractivity contribution < 1.29 is 18.0 Å². The van der Waals surface area contributed by atoms with Crippen LogP contribution in [-0.4, -0.2) is 43.8 Å². The van der Waals surface area contributed by atoms with E-state index in [-0.39, 0.29) is 35.5 Å². The molecule has 0 aromatic heterocycles. The van der Waals surface area contributed by atoms with Crippen LogP contribution in [0.2, 0.25) is 5.02 Å². The van der Waals surface area contributed by atoms with Crippen LogP contribution < -0.4 is 9.62 Å². The van der Waals surface area contributed by atoms with Gasteiger partial charge in [-0.3, -0.25) is 13.9 Å². The van der Waals surface area contributed by atoms with Gasteiger partial charge in [-0.05, 0) is 73.4 Å². The molecule has 0 bridgehead atoms. The summed E-state index contributed by atoms with van der Waals surface area (Å²) in [7, 11) is -4.20. The Kier molecular flexibility index (Phi) is 11.2. The van der Waals surface area contributed by atoms with E-state index in [1.54, 1.807) is 30.3 Å². The van der Waals surface area contributed by atoms with Crippen molar-refractivity contribution in [3.63, 3.8) is 0 Å². The molecule has 1 fully saturated rings. The van der Waals surface area contributed by atoms with E-state index in [2.05, 4.69) is 21.2 Å². The number of halogens is 2. The molecule has 2 amide bonds. The van der Waals surface area contributed by atoms with Crippen molar-refractivity contribution >= 4 is 55.1 Å². The summed E-state index contributed by atoms with van der Waals surface area (Å²) in [6.45, 7) is 1.45. The number of aryl methyl sites for hydroxylation is 1. The smallest absolute Gasteiger partial charge is 0.264 e. The second kappa shape index (κ2) is 15.3. The van der Waals surface area contributed by atoms with Crippen LogP contribution in [0.15, 0.2) is 112 Å². The molecule has 0 heterocycles. The fourth-order valence-electron chi connectivity index (χ4n) is 5.71. The van der Waals surface area contributed by atoms with Gasteiger partial charge < -0.3 is 10.2 Å². The lowest BCUT2D eigenvalue weighted by atomic mass is 10.0. The average Bonchev–Trinajstić information content (AvgIpc) is 3.56. The summed E-state index contributed by atoms with van der Waals surface area (Å²) in [5.74, 6) is -0.766. The maximum absolute atomic E-state index is 14.6. The average molecular weight is 723 g/mol. The highest BCUT2D eigenvalue weighted by atomic mass is 79.9. The molecule has 1 aliphatic carbocycles. The van der Waals surface area contributed by atoms with Crippen molar-refractivity contribution in [3.8, 4) is 0 Å². The Balaban J connectivity index is 1.56. The van der Waals surface area contributed by atoms with E-state index in [9.17, 15) is 18.0 Å². The zero-order valence-corrected chi connectivity index (χ0v) is 28.8. The first-order valence-electron chi connectivity index (χ1n) is 15.3. The van der Waals surface area contributed by atoms with Gasteiger partial charge in [-0.1, -0.05) is 107 Å². The highest BCUT2D eigenvalue weighted by molar-refractivity contribution is 9.10. The van der Waals surface area contributed by atoms with Crippen LogP contribution in [0.3, 0.4) is 0 Å². The van der Waals surface area contributed by atoms with E-state index in [0.717, 1.165) is 51.2 Å². The van der Waals surface area contributed by atoms with Crippen molar-refractivity contribution in [1.82, 2.24) is 10.2 Å². The Morgan fingerprint density at radius 3 is 2.22 bits per heavy atom. The van der Waals surface area contributed by atoms with Gasteiger partial charge in [0.1, 0.15) is 12.6 Å². The SMILES string of the molecule is Cc1ccc(S(=O)(=O)N(CC(=O)N(Cc2ccc(Br)cc2)C(Cc2ccccc2)C(=O)NC2CCCC2)c2cccc(Cl)c2)cc1. The molecule has 5 rings (SSSR count). The zero-order valence-electron chi connectivity index (χ0n) is 25.6. The van der Waals surface area contributed by atoms with Gasteiger partial charge in [0.05, 0.1) is 10.6 Å². The van der Waals surface area contributed by atoms with Gasteiger partial charge in [0.15, 0.2) is 0 Å². The Morgan fingerprint density at radius 2 is 1.57 bits per heavy atom. The standard InChI is InChI=1S/C36H37BrClN3O4S/c1-26-14-20-33(21-15-26)46(44,45)41(32-13-7-10-30(38)23-32)25-35(42)40(24-28-16-18-29(37)19-17-28)34(22-27-8-3-2-4-9-27)36(43)39-31-11-5-6-12-31/h2-4,7-10,13-21,23,31,34H,5-6,11-12,22,24-25H2,1H3,(H,39,43). The monoisotopic (exact) mass is 721 g/mol. The molecule has 0 spiro atoms. The number of carbonyl (C=O) groups is 2. The van der Waals surface area contributed by atoms with Crippen molar-refractivity contribution in [2.75, 3.05) is 10.8 Å². The molecule has 0 saturated heterocycles. The van der Waals surface area contributed by atoms with Gasteiger partial charge in [-0.2, -0.15) is 0 Å². The van der Waals surface area contributed by atoms with Crippen LogP contribution in [0.1, 0.15) is 42.4 Å². The lowest BCUT2D eigenvalue weighted by Gasteiger charge is -2.34. The largest absolute Gasteiger partial charge is 0.352 e. The Hall–Kier alpha value is -3.66. The van der Waals surface area contributed by atoms with Crippen LogP contribution in [-0.2, 0) is 32.6 Å². The van der Waals surface area contributed by atoms with Gasteiger partial charge in [0.25, 0.3) is 10.0 Å². The fraction of sp³-hybridized carbons (Fsp3) is 0.278. The minimum Gasteiger partial charge on any atom is -0.352 e.